The molecule has 0 fully saturated rings. The Morgan fingerprint density at radius 2 is 1.95 bits per heavy atom. The Bertz CT molecular complexity index is 595. The van der Waals surface area contributed by atoms with E-state index in [1.165, 1.54) is 12.1 Å². The summed E-state index contributed by atoms with van der Waals surface area (Å²) in [6.45, 7) is 2.02. The van der Waals surface area contributed by atoms with Crippen molar-refractivity contribution in [3.63, 3.8) is 0 Å². The van der Waals surface area contributed by atoms with E-state index in [9.17, 15) is 9.50 Å². The quantitative estimate of drug-likeness (QED) is 0.890. The van der Waals surface area contributed by atoms with Crippen LogP contribution in [0.3, 0.4) is 0 Å². The number of aliphatic hydroxyl groups excluding tert-OH is 1. The van der Waals surface area contributed by atoms with Crippen molar-refractivity contribution in [3.8, 4) is 5.75 Å². The van der Waals surface area contributed by atoms with Crippen molar-refractivity contribution >= 4 is 0 Å². The van der Waals surface area contributed by atoms with Gasteiger partial charge in [0.1, 0.15) is 11.6 Å². The zero-order valence-corrected chi connectivity index (χ0v) is 12.2. The summed E-state index contributed by atoms with van der Waals surface area (Å²) in [6.07, 6.45) is -0.888. The molecule has 0 bridgehead atoms. The van der Waals surface area contributed by atoms with E-state index in [1.807, 2.05) is 24.3 Å². The predicted molar refractivity (Wildman–Crippen MR) is 80.9 cm³/mol. The van der Waals surface area contributed by atoms with Gasteiger partial charge in [0.2, 0.25) is 0 Å². The van der Waals surface area contributed by atoms with Crippen LogP contribution in [-0.4, -0.2) is 18.8 Å². The van der Waals surface area contributed by atoms with Gasteiger partial charge in [0.25, 0.3) is 0 Å². The number of hydrogen-bond acceptors (Lipinski definition) is 3. The normalized spacial score (nSPS) is 13.8. The standard InChI is InChI=1S/C17H20FNO2/c1-11-7-12(9-13(18)8-11)17(20)15(10-19)14-5-3-4-6-16(14)21-2/h3-9,15,17,20H,10,19H2,1-2H3. The average Bonchev–Trinajstić information content (AvgIpc) is 2.47. The van der Waals surface area contributed by atoms with E-state index in [1.54, 1.807) is 20.1 Å². The van der Waals surface area contributed by atoms with E-state index in [-0.39, 0.29) is 18.3 Å². The molecule has 112 valence electrons. The predicted octanol–water partition coefficient (Wildman–Crippen LogP) is 2.92. The molecule has 2 atom stereocenters. The van der Waals surface area contributed by atoms with Crippen LogP contribution in [0, 0.1) is 12.7 Å². The second kappa shape index (κ2) is 6.70. The molecule has 2 rings (SSSR count). The molecule has 3 nitrogen and oxygen atoms in total. The lowest BCUT2D eigenvalue weighted by Gasteiger charge is -2.24. The number of aliphatic hydroxyl groups is 1. The largest absolute Gasteiger partial charge is 0.496 e. The third kappa shape index (κ3) is 3.40. The number of para-hydroxylation sites is 1. The van der Waals surface area contributed by atoms with Gasteiger partial charge in [-0.2, -0.15) is 0 Å². The van der Waals surface area contributed by atoms with Crippen LogP contribution in [0.4, 0.5) is 4.39 Å². The first-order chi connectivity index (χ1) is 10.1. The van der Waals surface area contributed by atoms with Crippen LogP contribution in [0.15, 0.2) is 42.5 Å². The maximum atomic E-state index is 13.5. The van der Waals surface area contributed by atoms with Crippen molar-refractivity contribution in [2.75, 3.05) is 13.7 Å². The van der Waals surface area contributed by atoms with Gasteiger partial charge in [-0.1, -0.05) is 24.3 Å². The molecule has 0 radical (unpaired) electrons. The SMILES string of the molecule is COc1ccccc1C(CN)C(O)c1cc(C)cc(F)c1. The number of halogens is 1. The molecule has 0 aromatic heterocycles. The molecule has 0 aliphatic rings. The summed E-state index contributed by atoms with van der Waals surface area (Å²) >= 11 is 0. The molecule has 0 spiro atoms. The highest BCUT2D eigenvalue weighted by molar-refractivity contribution is 5.39. The van der Waals surface area contributed by atoms with Crippen molar-refractivity contribution in [2.24, 2.45) is 5.73 Å². The number of ether oxygens (including phenoxy) is 1. The van der Waals surface area contributed by atoms with Crippen molar-refractivity contribution in [1.29, 1.82) is 0 Å². The number of methoxy groups -OCH3 is 1. The Hall–Kier alpha value is -1.91. The van der Waals surface area contributed by atoms with E-state index in [0.717, 1.165) is 11.1 Å². The van der Waals surface area contributed by atoms with Crippen molar-refractivity contribution in [3.05, 3.63) is 65.0 Å². The molecule has 2 aromatic carbocycles. The van der Waals surface area contributed by atoms with Gasteiger partial charge in [-0.05, 0) is 36.2 Å². The lowest BCUT2D eigenvalue weighted by Crippen LogP contribution is -2.21. The highest BCUT2D eigenvalue weighted by Gasteiger charge is 2.24. The number of rotatable bonds is 5. The van der Waals surface area contributed by atoms with Gasteiger partial charge >= 0.3 is 0 Å². The van der Waals surface area contributed by atoms with Crippen LogP contribution in [0.2, 0.25) is 0 Å². The molecule has 2 unspecified atom stereocenters. The van der Waals surface area contributed by atoms with E-state index in [0.29, 0.717) is 11.3 Å². The summed E-state index contributed by atoms with van der Waals surface area (Å²) in [5.41, 5.74) is 7.94. The summed E-state index contributed by atoms with van der Waals surface area (Å²) in [6, 6.07) is 11.9. The van der Waals surface area contributed by atoms with Crippen LogP contribution in [0.5, 0.6) is 5.75 Å². The molecule has 4 heteroatoms. The third-order valence-electron chi connectivity index (χ3n) is 3.58. The van der Waals surface area contributed by atoms with Crippen LogP contribution in [0.1, 0.15) is 28.7 Å². The Morgan fingerprint density at radius 1 is 1.24 bits per heavy atom. The lowest BCUT2D eigenvalue weighted by atomic mass is 9.88. The first-order valence-corrected chi connectivity index (χ1v) is 6.85. The van der Waals surface area contributed by atoms with Gasteiger partial charge in [-0.3, -0.25) is 0 Å². The topological polar surface area (TPSA) is 55.5 Å². The van der Waals surface area contributed by atoms with Crippen LogP contribution >= 0.6 is 0 Å². The first-order valence-electron chi connectivity index (χ1n) is 6.85. The highest BCUT2D eigenvalue weighted by atomic mass is 19.1. The molecule has 2 aromatic rings. The fraction of sp³-hybridized carbons (Fsp3) is 0.294. The molecular weight excluding hydrogens is 269 g/mol. The Kier molecular flexibility index (Phi) is 4.94. The minimum Gasteiger partial charge on any atom is -0.496 e. The number of aryl methyl sites for hydroxylation is 1. The Morgan fingerprint density at radius 3 is 2.57 bits per heavy atom. The van der Waals surface area contributed by atoms with Crippen molar-refractivity contribution < 1.29 is 14.2 Å². The Balaban J connectivity index is 2.40. The van der Waals surface area contributed by atoms with Crippen LogP contribution in [-0.2, 0) is 0 Å². The van der Waals surface area contributed by atoms with Crippen LogP contribution in [0.25, 0.3) is 0 Å². The van der Waals surface area contributed by atoms with E-state index < -0.39 is 6.10 Å². The molecule has 21 heavy (non-hydrogen) atoms. The molecule has 0 amide bonds. The van der Waals surface area contributed by atoms with Crippen molar-refractivity contribution in [2.45, 2.75) is 18.9 Å². The van der Waals surface area contributed by atoms with Gasteiger partial charge in [0.05, 0.1) is 13.2 Å². The molecule has 0 heterocycles. The molecule has 0 saturated heterocycles. The minimum atomic E-state index is -0.888. The van der Waals surface area contributed by atoms with Gasteiger partial charge in [-0.25, -0.2) is 4.39 Å². The summed E-state index contributed by atoms with van der Waals surface area (Å²) in [4.78, 5) is 0. The average molecular weight is 289 g/mol. The fourth-order valence-electron chi connectivity index (χ4n) is 2.57. The minimum absolute atomic E-state index is 0.233. The molecule has 0 aliphatic heterocycles. The second-order valence-corrected chi connectivity index (χ2v) is 5.09. The van der Waals surface area contributed by atoms with Gasteiger partial charge in [0, 0.05) is 18.0 Å². The van der Waals surface area contributed by atoms with E-state index in [2.05, 4.69) is 0 Å². The Labute approximate surface area is 124 Å². The van der Waals surface area contributed by atoms with E-state index in [4.69, 9.17) is 10.5 Å². The number of hydrogen-bond donors (Lipinski definition) is 2. The molecule has 0 saturated carbocycles. The first kappa shape index (κ1) is 15.5. The maximum absolute atomic E-state index is 13.5. The molecule has 0 aliphatic carbocycles. The summed E-state index contributed by atoms with van der Waals surface area (Å²) in [5, 5.41) is 10.6. The van der Waals surface area contributed by atoms with Crippen molar-refractivity contribution in [1.82, 2.24) is 0 Å². The van der Waals surface area contributed by atoms with E-state index >= 15 is 0 Å². The highest BCUT2D eigenvalue weighted by Crippen LogP contribution is 2.35. The fourth-order valence-corrected chi connectivity index (χ4v) is 2.57. The van der Waals surface area contributed by atoms with Gasteiger partial charge in [0.15, 0.2) is 0 Å². The third-order valence-corrected chi connectivity index (χ3v) is 3.58. The van der Waals surface area contributed by atoms with Gasteiger partial charge < -0.3 is 15.6 Å². The zero-order valence-electron chi connectivity index (χ0n) is 12.2. The summed E-state index contributed by atoms with van der Waals surface area (Å²) in [5.74, 6) is -0.0534. The lowest BCUT2D eigenvalue weighted by molar-refractivity contribution is 0.145. The maximum Gasteiger partial charge on any atom is 0.123 e. The zero-order chi connectivity index (χ0) is 15.4. The van der Waals surface area contributed by atoms with Gasteiger partial charge in [-0.15, -0.1) is 0 Å². The smallest absolute Gasteiger partial charge is 0.123 e. The summed E-state index contributed by atoms with van der Waals surface area (Å²) < 4.78 is 18.9. The molecule has 3 N–H and O–H groups in total. The monoisotopic (exact) mass is 289 g/mol. The number of benzene rings is 2. The molecular formula is C17H20FNO2. The summed E-state index contributed by atoms with van der Waals surface area (Å²) in [7, 11) is 1.57. The van der Waals surface area contributed by atoms with Crippen LogP contribution < -0.4 is 10.5 Å². The second-order valence-electron chi connectivity index (χ2n) is 5.09. The number of nitrogens with two attached hydrogens (primary N) is 1.